The maximum absolute atomic E-state index is 10.8. The lowest BCUT2D eigenvalue weighted by Gasteiger charge is -2.33. The molecule has 0 saturated heterocycles. The molecule has 6 heteroatoms. The first-order chi connectivity index (χ1) is 10.4. The third-order valence-electron chi connectivity index (χ3n) is 3.16. The molecule has 0 aromatic heterocycles. The van der Waals surface area contributed by atoms with E-state index in [0.717, 1.165) is 27.5 Å². The average molecular weight is 450 g/mol. The molecule has 1 amide bonds. The molecule has 0 heterocycles. The van der Waals surface area contributed by atoms with Crippen molar-refractivity contribution in [1.82, 2.24) is 5.32 Å². The van der Waals surface area contributed by atoms with Gasteiger partial charge in [-0.05, 0) is 75.2 Å². The fourth-order valence-corrected chi connectivity index (χ4v) is 4.24. The summed E-state index contributed by atoms with van der Waals surface area (Å²) in [6.45, 7) is 11.8. The summed E-state index contributed by atoms with van der Waals surface area (Å²) >= 11 is 6.96. The molecule has 3 N–H and O–H groups in total. The standard InChI is InChI=1S/C17H26Br2N2O2/c1-16(2,3)10-17(4,5)21-8-11-6-12(18)15(13(19)7-11)23-9-14(20)22/h6-7,21H,8-10H2,1-5H3,(H2,20,22). The van der Waals surface area contributed by atoms with Gasteiger partial charge >= 0.3 is 0 Å². The lowest BCUT2D eigenvalue weighted by atomic mass is 9.82. The van der Waals surface area contributed by atoms with Gasteiger partial charge in [-0.15, -0.1) is 0 Å². The van der Waals surface area contributed by atoms with E-state index < -0.39 is 5.91 Å². The first-order valence-corrected chi connectivity index (χ1v) is 9.12. The van der Waals surface area contributed by atoms with Crippen LogP contribution < -0.4 is 15.8 Å². The quantitative estimate of drug-likeness (QED) is 0.649. The van der Waals surface area contributed by atoms with Gasteiger partial charge in [0.15, 0.2) is 6.61 Å². The van der Waals surface area contributed by atoms with E-state index in [9.17, 15) is 4.79 Å². The number of primary amides is 1. The summed E-state index contributed by atoms with van der Waals surface area (Å²) in [6, 6.07) is 3.97. The van der Waals surface area contributed by atoms with E-state index in [1.807, 2.05) is 12.1 Å². The maximum atomic E-state index is 10.8. The fraction of sp³-hybridized carbons (Fsp3) is 0.588. The topological polar surface area (TPSA) is 64.3 Å². The molecule has 0 unspecified atom stereocenters. The highest BCUT2D eigenvalue weighted by Crippen LogP contribution is 2.35. The van der Waals surface area contributed by atoms with E-state index in [0.29, 0.717) is 5.75 Å². The van der Waals surface area contributed by atoms with E-state index in [-0.39, 0.29) is 17.6 Å². The van der Waals surface area contributed by atoms with Crippen molar-refractivity contribution < 1.29 is 9.53 Å². The third-order valence-corrected chi connectivity index (χ3v) is 4.34. The van der Waals surface area contributed by atoms with Gasteiger partial charge in [-0.25, -0.2) is 0 Å². The van der Waals surface area contributed by atoms with Gasteiger partial charge in [0.1, 0.15) is 5.75 Å². The van der Waals surface area contributed by atoms with Crippen LogP contribution in [0.4, 0.5) is 0 Å². The van der Waals surface area contributed by atoms with Crippen LogP contribution in [0.15, 0.2) is 21.1 Å². The van der Waals surface area contributed by atoms with Gasteiger partial charge in [0.25, 0.3) is 5.91 Å². The molecule has 0 aliphatic carbocycles. The van der Waals surface area contributed by atoms with Gasteiger partial charge in [0.05, 0.1) is 8.95 Å². The van der Waals surface area contributed by atoms with Crippen molar-refractivity contribution >= 4 is 37.8 Å². The molecule has 0 bridgehead atoms. The number of carbonyl (C=O) groups is 1. The summed E-state index contributed by atoms with van der Waals surface area (Å²) in [5.41, 5.74) is 6.54. The van der Waals surface area contributed by atoms with Crippen LogP contribution >= 0.6 is 31.9 Å². The lowest BCUT2D eigenvalue weighted by molar-refractivity contribution is -0.119. The zero-order chi connectivity index (χ0) is 17.8. The number of ether oxygens (including phenoxy) is 1. The summed E-state index contributed by atoms with van der Waals surface area (Å²) in [4.78, 5) is 10.8. The van der Waals surface area contributed by atoms with Crippen LogP contribution in [0.1, 0.15) is 46.6 Å². The normalized spacial score (nSPS) is 12.3. The number of nitrogens with two attached hydrogens (primary N) is 1. The Morgan fingerprint density at radius 2 is 1.70 bits per heavy atom. The summed E-state index contributed by atoms with van der Waals surface area (Å²) in [5.74, 6) is 0.0833. The first kappa shape index (κ1) is 20.5. The zero-order valence-corrected chi connectivity index (χ0v) is 17.6. The van der Waals surface area contributed by atoms with E-state index in [2.05, 4.69) is 71.8 Å². The molecule has 0 spiro atoms. The lowest BCUT2D eigenvalue weighted by Crippen LogP contribution is -2.41. The van der Waals surface area contributed by atoms with Gasteiger partial charge in [0, 0.05) is 12.1 Å². The minimum Gasteiger partial charge on any atom is -0.481 e. The largest absolute Gasteiger partial charge is 0.481 e. The van der Waals surface area contributed by atoms with Crippen molar-refractivity contribution in [3.8, 4) is 5.75 Å². The molecular weight excluding hydrogens is 424 g/mol. The molecule has 1 rings (SSSR count). The number of nitrogens with one attached hydrogen (secondary N) is 1. The van der Waals surface area contributed by atoms with Crippen LogP contribution in [0.25, 0.3) is 0 Å². The van der Waals surface area contributed by atoms with Crippen molar-refractivity contribution in [2.45, 2.75) is 53.1 Å². The van der Waals surface area contributed by atoms with Crippen LogP contribution in [0, 0.1) is 5.41 Å². The Bertz CT molecular complexity index is 543. The Hall–Kier alpha value is -0.590. The minimum absolute atomic E-state index is 0.0400. The third kappa shape index (κ3) is 7.68. The van der Waals surface area contributed by atoms with Crippen molar-refractivity contribution in [1.29, 1.82) is 0 Å². The van der Waals surface area contributed by atoms with Crippen LogP contribution in [0.2, 0.25) is 0 Å². The average Bonchev–Trinajstić information content (AvgIpc) is 2.32. The number of hydrogen-bond acceptors (Lipinski definition) is 3. The molecule has 0 radical (unpaired) electrons. The molecule has 1 aromatic carbocycles. The predicted molar refractivity (Wildman–Crippen MR) is 102 cm³/mol. The molecule has 1 aromatic rings. The minimum atomic E-state index is -0.501. The second kappa shape index (κ2) is 7.99. The second-order valence-electron chi connectivity index (χ2n) is 7.62. The van der Waals surface area contributed by atoms with Crippen molar-refractivity contribution in [2.75, 3.05) is 6.61 Å². The SMILES string of the molecule is CC(C)(C)CC(C)(C)NCc1cc(Br)c(OCC(N)=O)c(Br)c1. The molecule has 0 atom stereocenters. The Balaban J connectivity index is 2.77. The Morgan fingerprint density at radius 1 is 1.17 bits per heavy atom. The predicted octanol–water partition coefficient (Wildman–Crippen LogP) is 4.38. The van der Waals surface area contributed by atoms with Gasteiger partial charge < -0.3 is 15.8 Å². The number of carbonyl (C=O) groups excluding carboxylic acids is 1. The molecule has 23 heavy (non-hydrogen) atoms. The van der Waals surface area contributed by atoms with Crippen LogP contribution in [-0.2, 0) is 11.3 Å². The molecule has 0 fully saturated rings. The van der Waals surface area contributed by atoms with Crippen LogP contribution in [0.5, 0.6) is 5.75 Å². The highest BCUT2D eigenvalue weighted by Gasteiger charge is 2.24. The number of benzene rings is 1. The summed E-state index contributed by atoms with van der Waals surface area (Å²) in [7, 11) is 0. The highest BCUT2D eigenvalue weighted by molar-refractivity contribution is 9.11. The van der Waals surface area contributed by atoms with E-state index in [1.54, 1.807) is 0 Å². The Kier molecular flexibility index (Phi) is 7.11. The number of amides is 1. The van der Waals surface area contributed by atoms with Crippen LogP contribution in [-0.4, -0.2) is 18.1 Å². The van der Waals surface area contributed by atoms with Gasteiger partial charge in [0.2, 0.25) is 0 Å². The maximum Gasteiger partial charge on any atom is 0.255 e. The van der Waals surface area contributed by atoms with Gasteiger partial charge in [-0.3, -0.25) is 4.79 Å². The molecular formula is C17H26Br2N2O2. The summed E-state index contributed by atoms with van der Waals surface area (Å²) in [6.07, 6.45) is 1.07. The van der Waals surface area contributed by atoms with Crippen LogP contribution in [0.3, 0.4) is 0 Å². The highest BCUT2D eigenvalue weighted by atomic mass is 79.9. The fourth-order valence-electron chi connectivity index (χ4n) is 2.73. The van der Waals surface area contributed by atoms with Crippen molar-refractivity contribution in [3.63, 3.8) is 0 Å². The van der Waals surface area contributed by atoms with Gasteiger partial charge in [-0.2, -0.15) is 0 Å². The first-order valence-electron chi connectivity index (χ1n) is 7.54. The zero-order valence-electron chi connectivity index (χ0n) is 14.4. The van der Waals surface area contributed by atoms with Gasteiger partial charge in [-0.1, -0.05) is 20.8 Å². The number of rotatable bonds is 7. The molecule has 4 nitrogen and oxygen atoms in total. The Labute approximate surface area is 155 Å². The van der Waals surface area contributed by atoms with Crippen molar-refractivity contribution in [2.24, 2.45) is 11.1 Å². The molecule has 130 valence electrons. The smallest absolute Gasteiger partial charge is 0.255 e. The molecule has 0 aliphatic heterocycles. The number of hydrogen-bond donors (Lipinski definition) is 2. The van der Waals surface area contributed by atoms with E-state index in [1.165, 1.54) is 0 Å². The van der Waals surface area contributed by atoms with E-state index in [4.69, 9.17) is 10.5 Å². The Morgan fingerprint density at radius 3 is 2.13 bits per heavy atom. The summed E-state index contributed by atoms with van der Waals surface area (Å²) < 4.78 is 6.99. The van der Waals surface area contributed by atoms with E-state index >= 15 is 0 Å². The molecule has 0 saturated carbocycles. The summed E-state index contributed by atoms with van der Waals surface area (Å²) in [5, 5.41) is 3.60. The monoisotopic (exact) mass is 448 g/mol. The second-order valence-corrected chi connectivity index (χ2v) is 9.33. The number of halogens is 2. The van der Waals surface area contributed by atoms with Crippen molar-refractivity contribution in [3.05, 3.63) is 26.6 Å². The molecule has 0 aliphatic rings.